The largest absolute Gasteiger partial charge is 0.256 e. The molecule has 0 spiro atoms. The maximum Gasteiger partial charge on any atom is 0.0708 e. The first kappa shape index (κ1) is 10.6. The van der Waals surface area contributed by atoms with E-state index in [-0.39, 0.29) is 0 Å². The topological polar surface area (TPSA) is 12.9 Å². The molecular formula is C15H15N. The molecule has 1 aromatic carbocycles. The first-order valence-electron chi connectivity index (χ1n) is 5.36. The first-order chi connectivity index (χ1) is 7.68. The Bertz CT molecular complexity index is 512. The van der Waals surface area contributed by atoms with Gasteiger partial charge in [0.2, 0.25) is 0 Å². The van der Waals surface area contributed by atoms with Crippen LogP contribution in [0.2, 0.25) is 0 Å². The molecule has 0 aliphatic heterocycles. The molecule has 0 saturated heterocycles. The van der Waals surface area contributed by atoms with Gasteiger partial charge in [-0.15, -0.1) is 0 Å². The van der Waals surface area contributed by atoms with Crippen LogP contribution in [0.15, 0.2) is 49.2 Å². The van der Waals surface area contributed by atoms with Gasteiger partial charge < -0.3 is 0 Å². The third kappa shape index (κ3) is 2.03. The van der Waals surface area contributed by atoms with Crippen molar-refractivity contribution in [1.82, 2.24) is 4.98 Å². The molecule has 0 N–H and O–H groups in total. The van der Waals surface area contributed by atoms with Gasteiger partial charge in [0.1, 0.15) is 0 Å². The molecule has 0 radical (unpaired) electrons. The normalized spacial score (nSPS) is 10.1. The quantitative estimate of drug-likeness (QED) is 0.726. The summed E-state index contributed by atoms with van der Waals surface area (Å²) < 4.78 is 0. The smallest absolute Gasteiger partial charge is 0.0708 e. The van der Waals surface area contributed by atoms with Gasteiger partial charge in [0, 0.05) is 11.8 Å². The van der Waals surface area contributed by atoms with E-state index in [1.807, 2.05) is 31.3 Å². The third-order valence-electron chi connectivity index (χ3n) is 2.58. The molecule has 0 aliphatic carbocycles. The second-order valence-electron chi connectivity index (χ2n) is 4.04. The molecule has 0 bridgehead atoms. The van der Waals surface area contributed by atoms with Crippen molar-refractivity contribution >= 4 is 5.57 Å². The van der Waals surface area contributed by atoms with Gasteiger partial charge in [-0.2, -0.15) is 0 Å². The van der Waals surface area contributed by atoms with Crippen molar-refractivity contribution in [2.75, 3.05) is 0 Å². The van der Waals surface area contributed by atoms with Crippen molar-refractivity contribution in [3.05, 3.63) is 60.3 Å². The Hall–Kier alpha value is -1.89. The monoisotopic (exact) mass is 209 g/mol. The molecule has 16 heavy (non-hydrogen) atoms. The highest BCUT2D eigenvalue weighted by Crippen LogP contribution is 2.27. The molecule has 0 fully saturated rings. The van der Waals surface area contributed by atoms with Gasteiger partial charge in [-0.25, -0.2) is 0 Å². The zero-order chi connectivity index (χ0) is 11.5. The number of rotatable bonds is 2. The van der Waals surface area contributed by atoms with Crippen LogP contribution in [0.25, 0.3) is 16.8 Å². The summed E-state index contributed by atoms with van der Waals surface area (Å²) >= 11 is 0. The zero-order valence-corrected chi connectivity index (χ0v) is 9.70. The van der Waals surface area contributed by atoms with E-state index in [4.69, 9.17) is 0 Å². The molecule has 0 aliphatic rings. The van der Waals surface area contributed by atoms with Crippen LogP contribution in [0, 0.1) is 6.92 Å². The first-order valence-corrected chi connectivity index (χ1v) is 5.36. The molecule has 2 rings (SSSR count). The van der Waals surface area contributed by atoms with E-state index in [2.05, 4.69) is 36.7 Å². The van der Waals surface area contributed by atoms with Crippen LogP contribution in [0.1, 0.15) is 18.1 Å². The molecular weight excluding hydrogens is 194 g/mol. The number of allylic oxidation sites excluding steroid dienone is 1. The lowest BCUT2D eigenvalue weighted by Gasteiger charge is -2.09. The van der Waals surface area contributed by atoms with E-state index in [1.54, 1.807) is 0 Å². The number of hydrogen-bond acceptors (Lipinski definition) is 1. The highest BCUT2D eigenvalue weighted by atomic mass is 14.7. The van der Waals surface area contributed by atoms with Crippen molar-refractivity contribution < 1.29 is 0 Å². The molecule has 1 nitrogen and oxygen atoms in total. The fourth-order valence-corrected chi connectivity index (χ4v) is 1.76. The fourth-order valence-electron chi connectivity index (χ4n) is 1.76. The van der Waals surface area contributed by atoms with Crippen molar-refractivity contribution in [2.24, 2.45) is 0 Å². The van der Waals surface area contributed by atoms with E-state index in [0.29, 0.717) is 0 Å². The van der Waals surface area contributed by atoms with Crippen LogP contribution in [0.3, 0.4) is 0 Å². The zero-order valence-electron chi connectivity index (χ0n) is 9.70. The predicted octanol–water partition coefficient (Wildman–Crippen LogP) is 4.09. The summed E-state index contributed by atoms with van der Waals surface area (Å²) in [5.74, 6) is 0. The summed E-state index contributed by atoms with van der Waals surface area (Å²) in [4.78, 5) is 4.39. The summed E-state index contributed by atoms with van der Waals surface area (Å²) in [7, 11) is 0. The Labute approximate surface area is 96.5 Å². The minimum atomic E-state index is 1.00. The highest BCUT2D eigenvalue weighted by Gasteiger charge is 2.06. The fraction of sp³-hybridized carbons (Fsp3) is 0.133. The van der Waals surface area contributed by atoms with Gasteiger partial charge in [-0.05, 0) is 37.6 Å². The van der Waals surface area contributed by atoms with Gasteiger partial charge in [0.05, 0.1) is 5.69 Å². The Morgan fingerprint density at radius 1 is 1.19 bits per heavy atom. The van der Waals surface area contributed by atoms with Gasteiger partial charge in [0.15, 0.2) is 0 Å². The number of nitrogens with zero attached hydrogens (tertiary/aromatic N) is 1. The molecule has 2 aromatic rings. The van der Waals surface area contributed by atoms with Crippen LogP contribution in [-0.2, 0) is 0 Å². The standard InChI is InChI=1S/C15H15N/c1-11(2)13-8-7-12(3)10-14(13)15-6-4-5-9-16-15/h4-10H,1H2,2-3H3. The summed E-state index contributed by atoms with van der Waals surface area (Å²) in [6.07, 6.45) is 1.82. The van der Waals surface area contributed by atoms with Crippen molar-refractivity contribution in [3.8, 4) is 11.3 Å². The van der Waals surface area contributed by atoms with Crippen molar-refractivity contribution in [1.29, 1.82) is 0 Å². The van der Waals surface area contributed by atoms with Gasteiger partial charge >= 0.3 is 0 Å². The lowest BCUT2D eigenvalue weighted by atomic mass is 9.97. The minimum absolute atomic E-state index is 1.00. The molecule has 0 saturated carbocycles. The van der Waals surface area contributed by atoms with E-state index >= 15 is 0 Å². The van der Waals surface area contributed by atoms with E-state index in [0.717, 1.165) is 16.8 Å². The van der Waals surface area contributed by atoms with E-state index in [1.165, 1.54) is 11.1 Å². The molecule has 0 amide bonds. The van der Waals surface area contributed by atoms with Crippen LogP contribution in [-0.4, -0.2) is 4.98 Å². The Balaban J connectivity index is 2.63. The minimum Gasteiger partial charge on any atom is -0.256 e. The van der Waals surface area contributed by atoms with Gasteiger partial charge in [-0.1, -0.05) is 35.9 Å². The number of hydrogen-bond donors (Lipinski definition) is 0. The summed E-state index contributed by atoms with van der Waals surface area (Å²) in [5, 5.41) is 0. The Morgan fingerprint density at radius 2 is 2.00 bits per heavy atom. The summed E-state index contributed by atoms with van der Waals surface area (Å²) in [6, 6.07) is 12.3. The number of aromatic nitrogens is 1. The number of aryl methyl sites for hydroxylation is 1. The lowest BCUT2D eigenvalue weighted by Crippen LogP contribution is -1.90. The summed E-state index contributed by atoms with van der Waals surface area (Å²) in [5.41, 5.74) is 5.65. The average molecular weight is 209 g/mol. The Morgan fingerprint density at radius 3 is 2.62 bits per heavy atom. The number of pyridine rings is 1. The second-order valence-corrected chi connectivity index (χ2v) is 4.04. The van der Waals surface area contributed by atoms with Crippen LogP contribution < -0.4 is 0 Å². The maximum absolute atomic E-state index is 4.39. The van der Waals surface area contributed by atoms with E-state index < -0.39 is 0 Å². The SMILES string of the molecule is C=C(C)c1ccc(C)cc1-c1ccccn1. The van der Waals surface area contributed by atoms with Crippen molar-refractivity contribution in [3.63, 3.8) is 0 Å². The van der Waals surface area contributed by atoms with Gasteiger partial charge in [0.25, 0.3) is 0 Å². The molecule has 1 heteroatoms. The predicted molar refractivity (Wildman–Crippen MR) is 69.1 cm³/mol. The van der Waals surface area contributed by atoms with E-state index in [9.17, 15) is 0 Å². The average Bonchev–Trinajstić information content (AvgIpc) is 2.29. The van der Waals surface area contributed by atoms with Crippen molar-refractivity contribution in [2.45, 2.75) is 13.8 Å². The summed E-state index contributed by atoms with van der Waals surface area (Å²) in [6.45, 7) is 8.13. The molecule has 80 valence electrons. The maximum atomic E-state index is 4.39. The lowest BCUT2D eigenvalue weighted by molar-refractivity contribution is 1.31. The van der Waals surface area contributed by atoms with Gasteiger partial charge in [-0.3, -0.25) is 4.98 Å². The Kier molecular flexibility index (Phi) is 2.86. The third-order valence-corrected chi connectivity index (χ3v) is 2.58. The molecule has 1 heterocycles. The second kappa shape index (κ2) is 4.31. The number of benzene rings is 1. The molecule has 0 unspecified atom stereocenters. The van der Waals surface area contributed by atoms with Crippen LogP contribution >= 0.6 is 0 Å². The van der Waals surface area contributed by atoms with Crippen LogP contribution in [0.5, 0.6) is 0 Å². The molecule has 0 atom stereocenters. The van der Waals surface area contributed by atoms with Crippen LogP contribution in [0.4, 0.5) is 0 Å². The molecule has 1 aromatic heterocycles. The highest BCUT2D eigenvalue weighted by molar-refractivity contribution is 5.78.